The predicted molar refractivity (Wildman–Crippen MR) is 100 cm³/mol. The second kappa shape index (κ2) is 7.15. The molecule has 0 spiro atoms. The molecule has 1 aliphatic heterocycles. The van der Waals surface area contributed by atoms with E-state index in [1.807, 2.05) is 37.3 Å². The Balaban J connectivity index is 1.63. The molecule has 2 aromatic carbocycles. The number of nitrogens with one attached hydrogen (secondary N) is 2. The van der Waals surface area contributed by atoms with Crippen LogP contribution in [0.15, 0.2) is 42.5 Å². The summed E-state index contributed by atoms with van der Waals surface area (Å²) < 4.78 is 0. The van der Waals surface area contributed by atoms with Gasteiger partial charge < -0.3 is 15.5 Å². The summed E-state index contributed by atoms with van der Waals surface area (Å²) in [5.41, 5.74) is 3.59. The van der Waals surface area contributed by atoms with E-state index in [-0.39, 0.29) is 5.91 Å². The van der Waals surface area contributed by atoms with E-state index in [0.29, 0.717) is 17.3 Å². The average molecular weight is 358 g/mol. The summed E-state index contributed by atoms with van der Waals surface area (Å²) in [5, 5.41) is 5.82. The van der Waals surface area contributed by atoms with Crippen LogP contribution in [0.4, 0.5) is 16.2 Å². The Morgan fingerprint density at radius 2 is 1.96 bits per heavy atom. The zero-order valence-electron chi connectivity index (χ0n) is 14.2. The molecule has 3 rings (SSSR count). The number of urea groups is 1. The number of para-hydroxylation sites is 1. The van der Waals surface area contributed by atoms with Crippen molar-refractivity contribution in [2.45, 2.75) is 26.3 Å². The van der Waals surface area contributed by atoms with Crippen LogP contribution in [0.1, 0.15) is 18.1 Å². The minimum atomic E-state index is -0.643. The molecule has 0 radical (unpaired) electrons. The van der Waals surface area contributed by atoms with E-state index >= 15 is 0 Å². The molecule has 0 saturated carbocycles. The van der Waals surface area contributed by atoms with Crippen LogP contribution < -0.4 is 15.5 Å². The van der Waals surface area contributed by atoms with Crippen molar-refractivity contribution in [1.82, 2.24) is 5.32 Å². The van der Waals surface area contributed by atoms with Gasteiger partial charge in [-0.3, -0.25) is 4.79 Å². The van der Waals surface area contributed by atoms with Gasteiger partial charge in [-0.1, -0.05) is 35.9 Å². The van der Waals surface area contributed by atoms with Crippen molar-refractivity contribution in [2.75, 3.05) is 16.8 Å². The summed E-state index contributed by atoms with van der Waals surface area (Å²) in [6, 6.07) is 12.1. The number of amides is 3. The summed E-state index contributed by atoms with van der Waals surface area (Å²) in [6.45, 7) is 4.24. The van der Waals surface area contributed by atoms with E-state index in [1.54, 1.807) is 24.0 Å². The average Bonchev–Trinajstić information content (AvgIpc) is 3.00. The van der Waals surface area contributed by atoms with Gasteiger partial charge in [0.25, 0.3) is 0 Å². The molecule has 25 heavy (non-hydrogen) atoms. The maximum absolute atomic E-state index is 12.7. The summed E-state index contributed by atoms with van der Waals surface area (Å²) >= 11 is 6.11. The summed E-state index contributed by atoms with van der Waals surface area (Å²) in [5.74, 6) is -0.130. The third-order valence-corrected chi connectivity index (χ3v) is 4.56. The zero-order valence-corrected chi connectivity index (χ0v) is 14.9. The molecule has 130 valence electrons. The topological polar surface area (TPSA) is 61.4 Å². The van der Waals surface area contributed by atoms with E-state index < -0.39 is 12.1 Å². The second-order valence-electron chi connectivity index (χ2n) is 6.17. The number of halogens is 1. The Morgan fingerprint density at radius 1 is 1.20 bits per heavy atom. The van der Waals surface area contributed by atoms with Crippen LogP contribution in [-0.2, 0) is 11.2 Å². The smallest absolute Gasteiger partial charge is 0.319 e. The maximum Gasteiger partial charge on any atom is 0.319 e. The fraction of sp³-hybridized carbons (Fsp3) is 0.263. The first-order valence-electron chi connectivity index (χ1n) is 8.18. The lowest BCUT2D eigenvalue weighted by atomic mass is 10.2. The van der Waals surface area contributed by atoms with Gasteiger partial charge in [-0.15, -0.1) is 0 Å². The SMILES string of the molecule is Cc1ccc(NC(=O)N[C@@H](C)C(=O)N2CCc3ccccc32)c(Cl)c1. The largest absolute Gasteiger partial charge is 0.326 e. The molecule has 3 amide bonds. The number of aryl methyl sites for hydroxylation is 1. The monoisotopic (exact) mass is 357 g/mol. The van der Waals surface area contributed by atoms with E-state index in [1.165, 1.54) is 0 Å². The van der Waals surface area contributed by atoms with Crippen LogP contribution in [0.3, 0.4) is 0 Å². The molecule has 0 bridgehead atoms. The Kier molecular flexibility index (Phi) is 4.95. The van der Waals surface area contributed by atoms with Crippen LogP contribution in [0.5, 0.6) is 0 Å². The van der Waals surface area contributed by atoms with Crippen LogP contribution in [0.25, 0.3) is 0 Å². The number of hydrogen-bond acceptors (Lipinski definition) is 2. The Bertz CT molecular complexity index is 822. The summed E-state index contributed by atoms with van der Waals surface area (Å²) in [4.78, 5) is 26.6. The number of carbonyl (C=O) groups is 2. The third-order valence-electron chi connectivity index (χ3n) is 4.24. The van der Waals surface area contributed by atoms with Crippen LogP contribution in [0, 0.1) is 6.92 Å². The number of rotatable bonds is 3. The molecule has 0 aliphatic carbocycles. The lowest BCUT2D eigenvalue weighted by molar-refractivity contribution is -0.119. The molecule has 0 aromatic heterocycles. The Morgan fingerprint density at radius 3 is 2.72 bits per heavy atom. The molecule has 1 atom stereocenters. The summed E-state index contributed by atoms with van der Waals surface area (Å²) in [7, 11) is 0. The van der Waals surface area contributed by atoms with Crippen molar-refractivity contribution >= 4 is 34.9 Å². The molecule has 5 nitrogen and oxygen atoms in total. The number of benzene rings is 2. The van der Waals surface area contributed by atoms with Gasteiger partial charge in [0.2, 0.25) is 5.91 Å². The van der Waals surface area contributed by atoms with Gasteiger partial charge in [0.1, 0.15) is 6.04 Å². The first-order valence-corrected chi connectivity index (χ1v) is 8.56. The lowest BCUT2D eigenvalue weighted by Crippen LogP contribution is -2.47. The van der Waals surface area contributed by atoms with Gasteiger partial charge in [-0.05, 0) is 49.6 Å². The molecule has 0 unspecified atom stereocenters. The Labute approximate surface area is 152 Å². The molecular formula is C19H20ClN3O2. The van der Waals surface area contributed by atoms with Gasteiger partial charge in [0.15, 0.2) is 0 Å². The highest BCUT2D eigenvalue weighted by molar-refractivity contribution is 6.33. The molecule has 6 heteroatoms. The number of hydrogen-bond donors (Lipinski definition) is 2. The van der Waals surface area contributed by atoms with Gasteiger partial charge >= 0.3 is 6.03 Å². The molecule has 0 saturated heterocycles. The van der Waals surface area contributed by atoms with Crippen molar-refractivity contribution in [1.29, 1.82) is 0 Å². The molecule has 0 fully saturated rings. The first kappa shape index (κ1) is 17.3. The van der Waals surface area contributed by atoms with Crippen LogP contribution in [0.2, 0.25) is 5.02 Å². The zero-order chi connectivity index (χ0) is 18.0. The minimum absolute atomic E-state index is 0.130. The number of anilines is 2. The van der Waals surface area contributed by atoms with Gasteiger partial charge in [-0.2, -0.15) is 0 Å². The van der Waals surface area contributed by atoms with E-state index in [2.05, 4.69) is 10.6 Å². The van der Waals surface area contributed by atoms with Crippen molar-refractivity contribution in [3.8, 4) is 0 Å². The van der Waals surface area contributed by atoms with Crippen molar-refractivity contribution in [3.05, 3.63) is 58.6 Å². The van der Waals surface area contributed by atoms with Crippen molar-refractivity contribution in [2.24, 2.45) is 0 Å². The molecular weight excluding hydrogens is 338 g/mol. The predicted octanol–water partition coefficient (Wildman–Crippen LogP) is 3.75. The van der Waals surface area contributed by atoms with Crippen LogP contribution in [-0.4, -0.2) is 24.5 Å². The second-order valence-corrected chi connectivity index (χ2v) is 6.58. The highest BCUT2D eigenvalue weighted by Crippen LogP contribution is 2.28. The third kappa shape index (κ3) is 3.77. The van der Waals surface area contributed by atoms with Gasteiger partial charge in [0, 0.05) is 12.2 Å². The highest BCUT2D eigenvalue weighted by atomic mass is 35.5. The van der Waals surface area contributed by atoms with Crippen LogP contribution >= 0.6 is 11.6 Å². The number of fused-ring (bicyclic) bond motifs is 1. The molecule has 2 aromatic rings. The van der Waals surface area contributed by atoms with Crippen molar-refractivity contribution < 1.29 is 9.59 Å². The quantitative estimate of drug-likeness (QED) is 0.878. The first-order chi connectivity index (χ1) is 12.0. The van der Waals surface area contributed by atoms with E-state index in [0.717, 1.165) is 23.2 Å². The lowest BCUT2D eigenvalue weighted by Gasteiger charge is -2.22. The molecule has 1 heterocycles. The fourth-order valence-electron chi connectivity index (χ4n) is 2.94. The number of nitrogens with zero attached hydrogens (tertiary/aromatic N) is 1. The maximum atomic E-state index is 12.7. The minimum Gasteiger partial charge on any atom is -0.326 e. The fourth-order valence-corrected chi connectivity index (χ4v) is 3.22. The van der Waals surface area contributed by atoms with Crippen molar-refractivity contribution in [3.63, 3.8) is 0 Å². The Hall–Kier alpha value is -2.53. The standard InChI is InChI=1S/C19H20ClN3O2/c1-12-7-8-16(15(20)11-12)22-19(25)21-13(2)18(24)23-10-9-14-5-3-4-6-17(14)23/h3-8,11,13H,9-10H2,1-2H3,(H2,21,22,25)/t13-/m0/s1. The van der Waals surface area contributed by atoms with Gasteiger partial charge in [-0.25, -0.2) is 4.79 Å². The summed E-state index contributed by atoms with van der Waals surface area (Å²) in [6.07, 6.45) is 0.833. The normalized spacial score (nSPS) is 14.0. The molecule has 1 aliphatic rings. The highest BCUT2D eigenvalue weighted by Gasteiger charge is 2.28. The van der Waals surface area contributed by atoms with Gasteiger partial charge in [0.05, 0.1) is 10.7 Å². The van der Waals surface area contributed by atoms with E-state index in [4.69, 9.17) is 11.6 Å². The number of carbonyl (C=O) groups excluding carboxylic acids is 2. The molecule has 2 N–H and O–H groups in total. The van der Waals surface area contributed by atoms with E-state index in [9.17, 15) is 9.59 Å².